The van der Waals surface area contributed by atoms with Crippen molar-refractivity contribution in [3.05, 3.63) is 58.1 Å². The molecule has 1 aliphatic carbocycles. The monoisotopic (exact) mass is 421 g/mol. The lowest BCUT2D eigenvalue weighted by atomic mass is 10.2. The minimum absolute atomic E-state index is 0.182. The number of carbonyl (C=O) groups is 2. The van der Waals surface area contributed by atoms with E-state index in [0.29, 0.717) is 52.7 Å². The first kappa shape index (κ1) is 20.3. The minimum Gasteiger partial charge on any atom is -0.492 e. The highest BCUT2D eigenvalue weighted by Gasteiger charge is 2.23. The maximum atomic E-state index is 12.2. The Morgan fingerprint density at radius 2 is 1.82 bits per heavy atom. The van der Waals surface area contributed by atoms with Crippen LogP contribution in [0.1, 0.15) is 29.6 Å². The molecule has 148 valence electrons. The van der Waals surface area contributed by atoms with Gasteiger partial charge in [-0.3, -0.25) is 4.79 Å². The van der Waals surface area contributed by atoms with Gasteiger partial charge in [-0.2, -0.15) is 0 Å². The van der Waals surface area contributed by atoms with Crippen molar-refractivity contribution in [1.29, 1.82) is 0 Å². The van der Waals surface area contributed by atoms with Crippen molar-refractivity contribution in [2.75, 3.05) is 18.5 Å². The van der Waals surface area contributed by atoms with Crippen molar-refractivity contribution in [2.24, 2.45) is 0 Å². The van der Waals surface area contributed by atoms with Crippen LogP contribution >= 0.6 is 23.2 Å². The van der Waals surface area contributed by atoms with Gasteiger partial charge in [-0.1, -0.05) is 23.2 Å². The van der Waals surface area contributed by atoms with Gasteiger partial charge in [0.2, 0.25) is 0 Å². The average Bonchev–Trinajstić information content (AvgIpc) is 3.47. The summed E-state index contributed by atoms with van der Waals surface area (Å²) in [5.41, 5.74) is 1.16. The molecular formula is C20H21Cl2N3O3. The van der Waals surface area contributed by atoms with Crippen molar-refractivity contribution in [1.82, 2.24) is 10.6 Å². The first-order valence-electron chi connectivity index (χ1n) is 9.05. The third kappa shape index (κ3) is 6.32. The van der Waals surface area contributed by atoms with Crippen molar-refractivity contribution >= 4 is 40.8 Å². The van der Waals surface area contributed by atoms with Crippen LogP contribution in [0.4, 0.5) is 10.5 Å². The average molecular weight is 422 g/mol. The number of hydrogen-bond acceptors (Lipinski definition) is 3. The lowest BCUT2D eigenvalue weighted by Gasteiger charge is -2.10. The molecule has 3 rings (SSSR count). The van der Waals surface area contributed by atoms with Gasteiger partial charge in [0, 0.05) is 28.9 Å². The number of carbonyl (C=O) groups excluding carboxylic acids is 2. The molecular weight excluding hydrogens is 401 g/mol. The van der Waals surface area contributed by atoms with Crippen molar-refractivity contribution in [3.63, 3.8) is 0 Å². The zero-order valence-corrected chi connectivity index (χ0v) is 16.6. The highest BCUT2D eigenvalue weighted by molar-refractivity contribution is 6.35. The molecule has 1 saturated carbocycles. The van der Waals surface area contributed by atoms with E-state index in [1.54, 1.807) is 42.5 Å². The molecule has 2 aromatic rings. The maximum Gasteiger partial charge on any atom is 0.319 e. The standard InChI is InChI=1S/C20H21Cl2N3O3/c21-14-4-9-18(17(22)12-14)28-11-1-10-23-19(26)13-2-5-15(6-3-13)24-20(27)25-16-7-8-16/h2-6,9,12,16H,1,7-8,10-11H2,(H,23,26)(H2,24,25,27). The van der Waals surface area contributed by atoms with Gasteiger partial charge in [-0.25, -0.2) is 4.79 Å². The highest BCUT2D eigenvalue weighted by atomic mass is 35.5. The van der Waals surface area contributed by atoms with Crippen LogP contribution in [0.2, 0.25) is 10.0 Å². The normalized spacial score (nSPS) is 12.9. The second kappa shape index (κ2) is 9.66. The SMILES string of the molecule is O=C(Nc1ccc(C(=O)NCCCOc2ccc(Cl)cc2Cl)cc1)NC1CC1. The van der Waals surface area contributed by atoms with E-state index in [1.165, 1.54) is 0 Å². The predicted octanol–water partition coefficient (Wildman–Crippen LogP) is 4.48. The fourth-order valence-electron chi connectivity index (χ4n) is 2.44. The summed E-state index contributed by atoms with van der Waals surface area (Å²) in [6.45, 7) is 0.883. The molecule has 0 aromatic heterocycles. The molecule has 0 saturated heterocycles. The molecule has 0 aliphatic heterocycles. The van der Waals surface area contributed by atoms with Crippen LogP contribution in [0.5, 0.6) is 5.75 Å². The van der Waals surface area contributed by atoms with Gasteiger partial charge >= 0.3 is 6.03 Å². The molecule has 8 heteroatoms. The van der Waals surface area contributed by atoms with E-state index < -0.39 is 0 Å². The highest BCUT2D eigenvalue weighted by Crippen LogP contribution is 2.27. The zero-order chi connectivity index (χ0) is 19.9. The molecule has 6 nitrogen and oxygen atoms in total. The summed E-state index contributed by atoms with van der Waals surface area (Å²) in [6, 6.07) is 11.9. The first-order chi connectivity index (χ1) is 13.5. The Morgan fingerprint density at radius 3 is 2.50 bits per heavy atom. The van der Waals surface area contributed by atoms with Crippen LogP contribution in [0, 0.1) is 0 Å². The Morgan fingerprint density at radius 1 is 1.07 bits per heavy atom. The molecule has 28 heavy (non-hydrogen) atoms. The van der Waals surface area contributed by atoms with E-state index in [9.17, 15) is 9.59 Å². The molecule has 0 radical (unpaired) electrons. The van der Waals surface area contributed by atoms with E-state index in [1.807, 2.05) is 0 Å². The summed E-state index contributed by atoms with van der Waals surface area (Å²) in [7, 11) is 0. The Hall–Kier alpha value is -2.44. The van der Waals surface area contributed by atoms with Crippen molar-refractivity contribution < 1.29 is 14.3 Å². The summed E-state index contributed by atoms with van der Waals surface area (Å²) in [5, 5.41) is 9.42. The molecule has 0 spiro atoms. The molecule has 1 fully saturated rings. The lowest BCUT2D eigenvalue weighted by molar-refractivity contribution is 0.0951. The van der Waals surface area contributed by atoms with Gasteiger partial charge in [-0.15, -0.1) is 0 Å². The van der Waals surface area contributed by atoms with Crippen LogP contribution in [-0.4, -0.2) is 31.1 Å². The van der Waals surface area contributed by atoms with Crippen molar-refractivity contribution in [2.45, 2.75) is 25.3 Å². The molecule has 3 amide bonds. The van der Waals surface area contributed by atoms with Crippen LogP contribution in [0.15, 0.2) is 42.5 Å². The van der Waals surface area contributed by atoms with Crippen molar-refractivity contribution in [3.8, 4) is 5.75 Å². The Bertz CT molecular complexity index is 839. The summed E-state index contributed by atoms with van der Waals surface area (Å²) in [4.78, 5) is 23.9. The molecule has 2 aromatic carbocycles. The number of urea groups is 1. The van der Waals surface area contributed by atoms with E-state index in [-0.39, 0.29) is 11.9 Å². The first-order valence-corrected chi connectivity index (χ1v) is 9.80. The Balaban J connectivity index is 1.36. The number of benzene rings is 2. The smallest absolute Gasteiger partial charge is 0.319 e. The molecule has 1 aliphatic rings. The van der Waals surface area contributed by atoms with E-state index in [4.69, 9.17) is 27.9 Å². The summed E-state index contributed by atoms with van der Waals surface area (Å²) in [5.74, 6) is 0.379. The fraction of sp³-hybridized carbons (Fsp3) is 0.300. The van der Waals surface area contributed by atoms with E-state index in [0.717, 1.165) is 12.8 Å². The van der Waals surface area contributed by atoms with Gasteiger partial charge < -0.3 is 20.7 Å². The number of rotatable bonds is 8. The second-order valence-electron chi connectivity index (χ2n) is 6.48. The largest absolute Gasteiger partial charge is 0.492 e. The van der Waals surface area contributed by atoms with E-state index >= 15 is 0 Å². The van der Waals surface area contributed by atoms with Gasteiger partial charge in [0.15, 0.2) is 0 Å². The molecule has 0 bridgehead atoms. The summed E-state index contributed by atoms with van der Waals surface area (Å²) in [6.07, 6.45) is 2.69. The number of hydrogen-bond donors (Lipinski definition) is 3. The topological polar surface area (TPSA) is 79.5 Å². The van der Waals surface area contributed by atoms with Gasteiger partial charge in [0.1, 0.15) is 5.75 Å². The number of amides is 3. The van der Waals surface area contributed by atoms with Gasteiger partial charge in [0.05, 0.1) is 11.6 Å². The molecule has 0 atom stereocenters. The van der Waals surface area contributed by atoms with Gasteiger partial charge in [-0.05, 0) is 61.7 Å². The molecule has 0 unspecified atom stereocenters. The maximum absolute atomic E-state index is 12.2. The Labute approximate surface area is 173 Å². The number of halogens is 2. The summed E-state index contributed by atoms with van der Waals surface area (Å²) < 4.78 is 5.58. The quantitative estimate of drug-likeness (QED) is 0.549. The van der Waals surface area contributed by atoms with Crippen LogP contribution in [0.3, 0.4) is 0 Å². The second-order valence-corrected chi connectivity index (χ2v) is 7.33. The zero-order valence-electron chi connectivity index (χ0n) is 15.1. The van der Waals surface area contributed by atoms with Crippen LogP contribution in [-0.2, 0) is 0 Å². The predicted molar refractivity (Wildman–Crippen MR) is 111 cm³/mol. The fourth-order valence-corrected chi connectivity index (χ4v) is 2.90. The third-order valence-corrected chi connectivity index (χ3v) is 4.61. The summed E-state index contributed by atoms with van der Waals surface area (Å²) >= 11 is 11.9. The Kier molecular flexibility index (Phi) is 7.01. The lowest BCUT2D eigenvalue weighted by Crippen LogP contribution is -2.30. The van der Waals surface area contributed by atoms with Crippen LogP contribution in [0.25, 0.3) is 0 Å². The molecule has 0 heterocycles. The minimum atomic E-state index is -0.222. The number of nitrogens with one attached hydrogen (secondary N) is 3. The van der Waals surface area contributed by atoms with E-state index in [2.05, 4.69) is 16.0 Å². The van der Waals surface area contributed by atoms with Crippen LogP contribution < -0.4 is 20.7 Å². The molecule has 3 N–H and O–H groups in total. The number of anilines is 1. The third-order valence-electron chi connectivity index (χ3n) is 4.08. The number of ether oxygens (including phenoxy) is 1. The van der Waals surface area contributed by atoms with Gasteiger partial charge in [0.25, 0.3) is 5.91 Å².